The van der Waals surface area contributed by atoms with Crippen LogP contribution in [0.3, 0.4) is 0 Å². The van der Waals surface area contributed by atoms with E-state index in [0.29, 0.717) is 33.2 Å². The molecule has 190 valence electrons. The Balaban J connectivity index is 1.30. The van der Waals surface area contributed by atoms with Gasteiger partial charge in [0.2, 0.25) is 0 Å². The molecule has 10 nitrogen and oxygen atoms in total. The number of benzene rings is 3. The molecule has 2 aromatic heterocycles. The molecule has 0 aliphatic heterocycles. The van der Waals surface area contributed by atoms with Crippen LogP contribution in [0, 0.1) is 0 Å². The van der Waals surface area contributed by atoms with Crippen LogP contribution in [0.1, 0.15) is 31.8 Å². The highest BCUT2D eigenvalue weighted by molar-refractivity contribution is 9.10. The molecule has 0 aliphatic rings. The number of aromatic amines is 2. The number of halogens is 1. The van der Waals surface area contributed by atoms with Crippen LogP contribution in [0.25, 0.3) is 28.0 Å². The van der Waals surface area contributed by atoms with Gasteiger partial charge in [-0.2, -0.15) is 15.4 Å². The van der Waals surface area contributed by atoms with Crippen LogP contribution < -0.4 is 10.6 Å². The average molecular weight is 573 g/mol. The van der Waals surface area contributed by atoms with Gasteiger partial charge in [0.05, 0.1) is 12.7 Å². The molecule has 5 aromatic rings. The summed E-state index contributed by atoms with van der Waals surface area (Å²) >= 11 is 3.37. The van der Waals surface area contributed by atoms with E-state index in [1.807, 2.05) is 30.5 Å². The molecule has 3 aromatic carbocycles. The van der Waals surface area contributed by atoms with E-state index >= 15 is 0 Å². The normalized spacial score (nSPS) is 11.5. The van der Waals surface area contributed by atoms with Crippen molar-refractivity contribution >= 4 is 61.7 Å². The smallest absolute Gasteiger partial charge is 0.354 e. The van der Waals surface area contributed by atoms with Gasteiger partial charge in [-0.15, -0.1) is 0 Å². The first kappa shape index (κ1) is 24.9. The summed E-state index contributed by atoms with van der Waals surface area (Å²) in [5.74, 6) is -1.56. The van der Waals surface area contributed by atoms with Crippen molar-refractivity contribution in [2.24, 2.45) is 0 Å². The van der Waals surface area contributed by atoms with Gasteiger partial charge in [-0.1, -0.05) is 18.2 Å². The van der Waals surface area contributed by atoms with Crippen LogP contribution >= 0.6 is 15.9 Å². The summed E-state index contributed by atoms with van der Waals surface area (Å²) in [5, 5.41) is 17.1. The zero-order valence-corrected chi connectivity index (χ0v) is 21.6. The molecule has 2 amide bonds. The van der Waals surface area contributed by atoms with E-state index < -0.39 is 11.9 Å². The lowest BCUT2D eigenvalue weighted by Crippen LogP contribution is -2.28. The van der Waals surface area contributed by atoms with Gasteiger partial charge in [0, 0.05) is 33.7 Å². The molecule has 0 fully saturated rings. The van der Waals surface area contributed by atoms with Gasteiger partial charge in [0.1, 0.15) is 16.7 Å². The Bertz CT molecular complexity index is 1720. The molecule has 0 aliphatic carbocycles. The zero-order chi connectivity index (χ0) is 26.6. The van der Waals surface area contributed by atoms with E-state index in [9.17, 15) is 14.4 Å². The number of esters is 1. The lowest BCUT2D eigenvalue weighted by Gasteiger charge is -2.11. The summed E-state index contributed by atoms with van der Waals surface area (Å²) < 4.78 is 5.23. The van der Waals surface area contributed by atoms with Crippen molar-refractivity contribution in [3.8, 4) is 0 Å². The highest BCUT2D eigenvalue weighted by Gasteiger charge is 2.18. The summed E-state index contributed by atoms with van der Waals surface area (Å²) in [6.07, 6.45) is 3.34. The van der Waals surface area contributed by atoms with Gasteiger partial charge in [0.25, 0.3) is 11.8 Å². The Morgan fingerprint density at radius 1 is 1.00 bits per heavy atom. The minimum atomic E-state index is -0.719. The standard InChI is InChI=1S/C27H21BrN6O4/c1-38-27(37)24(12-15-5-8-22-23(11-15)33-34-32-22)31-26(36)19-7-6-16(13-20(19)28)25(35)30-14-17-3-2-4-21-18(17)9-10-29-21/h2-13,29H,14H2,1H3,(H,30,35)(H,31,36)(H,32,33,34)/b24-12-. The number of H-pyrrole nitrogens is 2. The molecule has 0 radical (unpaired) electrons. The quantitative estimate of drug-likeness (QED) is 0.171. The maximum Gasteiger partial charge on any atom is 0.354 e. The number of hydrogen-bond donors (Lipinski definition) is 4. The van der Waals surface area contributed by atoms with Crippen molar-refractivity contribution in [3.63, 3.8) is 0 Å². The van der Waals surface area contributed by atoms with E-state index in [2.05, 4.69) is 47.0 Å². The van der Waals surface area contributed by atoms with Crippen LogP contribution in [0.4, 0.5) is 0 Å². The molecule has 0 atom stereocenters. The fourth-order valence-electron chi connectivity index (χ4n) is 3.98. The highest BCUT2D eigenvalue weighted by Crippen LogP contribution is 2.21. The predicted molar refractivity (Wildman–Crippen MR) is 145 cm³/mol. The van der Waals surface area contributed by atoms with Crippen LogP contribution in [-0.2, 0) is 16.1 Å². The molecule has 11 heteroatoms. The summed E-state index contributed by atoms with van der Waals surface area (Å²) in [5.41, 5.74) is 4.42. The predicted octanol–water partition coefficient (Wildman–Crippen LogP) is 4.08. The third-order valence-corrected chi connectivity index (χ3v) is 6.56. The van der Waals surface area contributed by atoms with Gasteiger partial charge >= 0.3 is 5.97 Å². The van der Waals surface area contributed by atoms with Crippen molar-refractivity contribution in [3.05, 3.63) is 99.3 Å². The number of nitrogens with zero attached hydrogens (tertiary/aromatic N) is 2. The lowest BCUT2D eigenvalue weighted by molar-refractivity contribution is -0.136. The van der Waals surface area contributed by atoms with Crippen molar-refractivity contribution in [2.75, 3.05) is 7.11 Å². The molecule has 0 spiro atoms. The number of carbonyl (C=O) groups is 3. The minimum Gasteiger partial charge on any atom is -0.464 e. The molecule has 5 rings (SSSR count). The molecule has 2 heterocycles. The van der Waals surface area contributed by atoms with Gasteiger partial charge in [-0.3, -0.25) is 9.59 Å². The van der Waals surface area contributed by atoms with E-state index in [0.717, 1.165) is 16.5 Å². The molecular weight excluding hydrogens is 552 g/mol. The number of methoxy groups -OCH3 is 1. The second kappa shape index (κ2) is 10.7. The van der Waals surface area contributed by atoms with E-state index in [1.165, 1.54) is 19.3 Å². The molecule has 0 saturated carbocycles. The summed E-state index contributed by atoms with van der Waals surface area (Å²) in [6.45, 7) is 0.349. The third-order valence-electron chi connectivity index (χ3n) is 5.91. The zero-order valence-electron chi connectivity index (χ0n) is 20.0. The Labute approximate surface area is 224 Å². The van der Waals surface area contributed by atoms with Crippen LogP contribution in [-0.4, -0.2) is 45.3 Å². The fourth-order valence-corrected chi connectivity index (χ4v) is 4.54. The number of rotatable bonds is 7. The number of nitrogens with one attached hydrogen (secondary N) is 4. The monoisotopic (exact) mass is 572 g/mol. The van der Waals surface area contributed by atoms with E-state index in [4.69, 9.17) is 4.74 Å². The summed E-state index contributed by atoms with van der Waals surface area (Å²) in [6, 6.07) is 17.6. The fraction of sp³-hybridized carbons (Fsp3) is 0.0741. The van der Waals surface area contributed by atoms with Crippen molar-refractivity contribution < 1.29 is 19.1 Å². The first-order chi connectivity index (χ1) is 18.4. The molecule has 38 heavy (non-hydrogen) atoms. The largest absolute Gasteiger partial charge is 0.464 e. The minimum absolute atomic E-state index is 0.0620. The Hall–Kier alpha value is -4.77. The first-order valence-corrected chi connectivity index (χ1v) is 12.3. The van der Waals surface area contributed by atoms with Gasteiger partial charge in [0.15, 0.2) is 0 Å². The molecular formula is C27H21BrN6O4. The molecule has 0 saturated heterocycles. The average Bonchev–Trinajstić information content (AvgIpc) is 3.60. The number of hydrogen-bond acceptors (Lipinski definition) is 6. The molecule has 4 N–H and O–H groups in total. The lowest BCUT2D eigenvalue weighted by atomic mass is 10.1. The van der Waals surface area contributed by atoms with Crippen LogP contribution in [0.2, 0.25) is 0 Å². The Kier molecular flexibility index (Phi) is 7.00. The van der Waals surface area contributed by atoms with Gasteiger partial charge in [-0.25, -0.2) is 4.79 Å². The Morgan fingerprint density at radius 3 is 2.66 bits per heavy atom. The second-order valence-corrected chi connectivity index (χ2v) is 9.16. The van der Waals surface area contributed by atoms with Crippen LogP contribution in [0.5, 0.6) is 0 Å². The summed E-state index contributed by atoms with van der Waals surface area (Å²) in [7, 11) is 1.23. The number of carbonyl (C=O) groups excluding carboxylic acids is 3. The third kappa shape index (κ3) is 5.18. The Morgan fingerprint density at radius 2 is 1.84 bits per heavy atom. The topological polar surface area (TPSA) is 142 Å². The number of ether oxygens (including phenoxy) is 1. The SMILES string of the molecule is COC(=O)/C(=C/c1ccc2n[nH]nc2c1)NC(=O)c1ccc(C(=O)NCc2cccc3[nH]ccc23)cc1Br. The van der Waals surface area contributed by atoms with E-state index in [-0.39, 0.29) is 17.2 Å². The molecule has 0 unspecified atom stereocenters. The first-order valence-electron chi connectivity index (χ1n) is 11.5. The van der Waals surface area contributed by atoms with Crippen LogP contribution in [0.15, 0.2) is 77.0 Å². The maximum absolute atomic E-state index is 13.0. The van der Waals surface area contributed by atoms with Crippen molar-refractivity contribution in [2.45, 2.75) is 6.54 Å². The van der Waals surface area contributed by atoms with Crippen molar-refractivity contribution in [1.82, 2.24) is 31.0 Å². The highest BCUT2D eigenvalue weighted by atomic mass is 79.9. The van der Waals surface area contributed by atoms with E-state index in [1.54, 1.807) is 30.3 Å². The van der Waals surface area contributed by atoms with Gasteiger partial charge in [-0.05, 0) is 75.6 Å². The van der Waals surface area contributed by atoms with Crippen molar-refractivity contribution in [1.29, 1.82) is 0 Å². The molecule has 0 bridgehead atoms. The number of amides is 2. The second-order valence-electron chi connectivity index (χ2n) is 8.31. The number of fused-ring (bicyclic) bond motifs is 2. The number of aromatic nitrogens is 4. The maximum atomic E-state index is 13.0. The van der Waals surface area contributed by atoms with Gasteiger partial charge < -0.3 is 20.4 Å². The summed E-state index contributed by atoms with van der Waals surface area (Å²) in [4.78, 5) is 41.3.